The summed E-state index contributed by atoms with van der Waals surface area (Å²) in [5.74, 6) is -0.312. The van der Waals surface area contributed by atoms with Crippen molar-refractivity contribution in [3.05, 3.63) is 11.1 Å². The summed E-state index contributed by atoms with van der Waals surface area (Å²) in [5, 5.41) is 2.22. The lowest BCUT2D eigenvalue weighted by Crippen LogP contribution is -2.33. The maximum absolute atomic E-state index is 11.0. The molecule has 1 unspecified atom stereocenters. The van der Waals surface area contributed by atoms with Crippen molar-refractivity contribution < 1.29 is 4.79 Å². The van der Waals surface area contributed by atoms with E-state index < -0.39 is 0 Å². The van der Waals surface area contributed by atoms with Crippen LogP contribution in [-0.2, 0) is 4.79 Å². The molecule has 1 rings (SSSR count). The number of nitrogens with zero attached hydrogens (tertiary/aromatic N) is 1. The number of rotatable bonds is 4. The standard InChI is InChI=1S/C9H16N2OS/c1-3-4-5-11-7(2)13-6-8(11)9(10)12/h6-7H,3-5H2,1-2H3,(H2,10,12). The Hall–Kier alpha value is -0.640. The van der Waals surface area contributed by atoms with Gasteiger partial charge in [-0.1, -0.05) is 13.3 Å². The number of carbonyl (C=O) groups is 1. The van der Waals surface area contributed by atoms with E-state index in [1.165, 1.54) is 0 Å². The molecule has 4 heteroatoms. The van der Waals surface area contributed by atoms with Gasteiger partial charge in [0, 0.05) is 12.0 Å². The van der Waals surface area contributed by atoms with Gasteiger partial charge in [0.1, 0.15) is 5.70 Å². The Morgan fingerprint density at radius 1 is 1.77 bits per heavy atom. The van der Waals surface area contributed by atoms with Gasteiger partial charge in [-0.2, -0.15) is 0 Å². The Bertz CT molecular complexity index is 228. The van der Waals surface area contributed by atoms with Gasteiger partial charge in [-0.3, -0.25) is 4.79 Å². The Labute approximate surface area is 83.3 Å². The van der Waals surface area contributed by atoms with E-state index in [0.29, 0.717) is 11.1 Å². The van der Waals surface area contributed by atoms with E-state index in [1.807, 2.05) is 5.41 Å². The molecule has 0 fully saturated rings. The van der Waals surface area contributed by atoms with Crippen molar-refractivity contribution in [1.82, 2.24) is 4.90 Å². The first kappa shape index (κ1) is 10.4. The predicted molar refractivity (Wildman–Crippen MR) is 55.9 cm³/mol. The predicted octanol–water partition coefficient (Wildman–Crippen LogP) is 1.51. The van der Waals surface area contributed by atoms with Crippen molar-refractivity contribution >= 4 is 17.7 Å². The lowest BCUT2D eigenvalue weighted by molar-refractivity contribution is -0.116. The molecule has 2 N–H and O–H groups in total. The van der Waals surface area contributed by atoms with Gasteiger partial charge in [0.2, 0.25) is 0 Å². The van der Waals surface area contributed by atoms with Crippen molar-refractivity contribution in [2.45, 2.75) is 32.1 Å². The van der Waals surface area contributed by atoms with Gasteiger partial charge in [0.25, 0.3) is 5.91 Å². The molecule has 0 bridgehead atoms. The van der Waals surface area contributed by atoms with Crippen LogP contribution in [0.25, 0.3) is 0 Å². The van der Waals surface area contributed by atoms with Crippen LogP contribution in [0.2, 0.25) is 0 Å². The molecule has 0 saturated heterocycles. The molecule has 13 heavy (non-hydrogen) atoms. The van der Waals surface area contributed by atoms with Gasteiger partial charge in [-0.15, -0.1) is 11.8 Å². The van der Waals surface area contributed by atoms with Crippen molar-refractivity contribution in [3.8, 4) is 0 Å². The molecule has 3 nitrogen and oxygen atoms in total. The quantitative estimate of drug-likeness (QED) is 0.748. The van der Waals surface area contributed by atoms with E-state index in [2.05, 4.69) is 18.7 Å². The molecule has 0 radical (unpaired) electrons. The van der Waals surface area contributed by atoms with E-state index in [4.69, 9.17) is 5.73 Å². The number of thioether (sulfide) groups is 1. The van der Waals surface area contributed by atoms with Gasteiger partial charge in [0.05, 0.1) is 5.37 Å². The van der Waals surface area contributed by atoms with Crippen molar-refractivity contribution in [2.24, 2.45) is 5.73 Å². The van der Waals surface area contributed by atoms with E-state index in [-0.39, 0.29) is 5.91 Å². The zero-order valence-electron chi connectivity index (χ0n) is 8.12. The highest BCUT2D eigenvalue weighted by atomic mass is 32.2. The third-order valence-corrected chi connectivity index (χ3v) is 3.14. The lowest BCUT2D eigenvalue weighted by atomic mass is 10.3. The highest BCUT2D eigenvalue weighted by Gasteiger charge is 2.25. The smallest absolute Gasteiger partial charge is 0.265 e. The molecule has 74 valence electrons. The summed E-state index contributed by atoms with van der Waals surface area (Å²) in [6.45, 7) is 5.16. The molecule has 0 aromatic heterocycles. The van der Waals surface area contributed by atoms with Crippen LogP contribution >= 0.6 is 11.8 Å². The molecule has 1 heterocycles. The summed E-state index contributed by atoms with van der Waals surface area (Å²) in [6.07, 6.45) is 2.25. The largest absolute Gasteiger partial charge is 0.364 e. The van der Waals surface area contributed by atoms with Crippen LogP contribution in [0.1, 0.15) is 26.7 Å². The summed E-state index contributed by atoms with van der Waals surface area (Å²) in [7, 11) is 0. The first-order valence-corrected chi connectivity index (χ1v) is 5.53. The zero-order valence-corrected chi connectivity index (χ0v) is 8.93. The number of primary amides is 1. The van der Waals surface area contributed by atoms with E-state index in [0.717, 1.165) is 19.4 Å². The normalized spacial score (nSPS) is 21.8. The maximum atomic E-state index is 11.0. The summed E-state index contributed by atoms with van der Waals surface area (Å²) in [6, 6.07) is 0. The monoisotopic (exact) mass is 200 g/mol. The molecule has 1 amide bonds. The van der Waals surface area contributed by atoms with Gasteiger partial charge in [-0.05, 0) is 13.3 Å². The van der Waals surface area contributed by atoms with Crippen LogP contribution in [0.5, 0.6) is 0 Å². The first-order valence-electron chi connectivity index (χ1n) is 4.59. The Morgan fingerprint density at radius 3 is 3.00 bits per heavy atom. The number of hydrogen-bond acceptors (Lipinski definition) is 3. The molecule has 0 aromatic carbocycles. The van der Waals surface area contributed by atoms with Gasteiger partial charge >= 0.3 is 0 Å². The first-order chi connectivity index (χ1) is 6.16. The second-order valence-electron chi connectivity index (χ2n) is 3.15. The SMILES string of the molecule is CCCCN1C(C(N)=O)=CSC1C. The van der Waals surface area contributed by atoms with Crippen LogP contribution in [0, 0.1) is 0 Å². The van der Waals surface area contributed by atoms with E-state index in [9.17, 15) is 4.79 Å². The van der Waals surface area contributed by atoms with Crippen LogP contribution in [0.3, 0.4) is 0 Å². The number of nitrogens with two attached hydrogens (primary N) is 1. The topological polar surface area (TPSA) is 46.3 Å². The van der Waals surface area contributed by atoms with Crippen LogP contribution < -0.4 is 5.73 Å². The Kier molecular flexibility index (Phi) is 3.66. The fourth-order valence-electron chi connectivity index (χ4n) is 1.33. The summed E-state index contributed by atoms with van der Waals surface area (Å²) in [4.78, 5) is 13.1. The molecule has 0 spiro atoms. The highest BCUT2D eigenvalue weighted by Crippen LogP contribution is 2.30. The Morgan fingerprint density at radius 2 is 2.46 bits per heavy atom. The molecular formula is C9H16N2OS. The van der Waals surface area contributed by atoms with E-state index >= 15 is 0 Å². The van der Waals surface area contributed by atoms with E-state index in [1.54, 1.807) is 11.8 Å². The minimum absolute atomic E-state index is 0.312. The number of amides is 1. The third kappa shape index (κ3) is 2.40. The van der Waals surface area contributed by atoms with Gasteiger partial charge < -0.3 is 10.6 Å². The van der Waals surface area contributed by atoms with Crippen molar-refractivity contribution in [3.63, 3.8) is 0 Å². The lowest BCUT2D eigenvalue weighted by Gasteiger charge is -2.24. The number of unbranched alkanes of at least 4 members (excludes halogenated alkanes) is 1. The van der Waals surface area contributed by atoms with Crippen LogP contribution in [-0.4, -0.2) is 22.7 Å². The molecule has 1 aliphatic heterocycles. The zero-order chi connectivity index (χ0) is 9.84. The second kappa shape index (κ2) is 4.56. The molecule has 0 aromatic rings. The van der Waals surface area contributed by atoms with Gasteiger partial charge in [-0.25, -0.2) is 0 Å². The summed E-state index contributed by atoms with van der Waals surface area (Å²) >= 11 is 1.66. The maximum Gasteiger partial charge on any atom is 0.265 e. The third-order valence-electron chi connectivity index (χ3n) is 2.13. The van der Waals surface area contributed by atoms with Crippen LogP contribution in [0.4, 0.5) is 0 Å². The fraction of sp³-hybridized carbons (Fsp3) is 0.667. The molecular weight excluding hydrogens is 184 g/mol. The fourth-order valence-corrected chi connectivity index (χ4v) is 2.27. The molecule has 1 atom stereocenters. The average Bonchev–Trinajstić information content (AvgIpc) is 2.43. The second-order valence-corrected chi connectivity index (χ2v) is 4.34. The molecule has 0 aliphatic carbocycles. The Balaban J connectivity index is 2.57. The van der Waals surface area contributed by atoms with Crippen molar-refractivity contribution in [2.75, 3.05) is 6.54 Å². The highest BCUT2D eigenvalue weighted by molar-refractivity contribution is 8.02. The summed E-state index contributed by atoms with van der Waals surface area (Å²) in [5.41, 5.74) is 5.93. The number of carbonyl (C=O) groups excluding carboxylic acids is 1. The molecule has 1 aliphatic rings. The van der Waals surface area contributed by atoms with Gasteiger partial charge in [0.15, 0.2) is 0 Å². The average molecular weight is 200 g/mol. The summed E-state index contributed by atoms with van der Waals surface area (Å²) < 4.78 is 0. The molecule has 0 saturated carbocycles. The van der Waals surface area contributed by atoms with Crippen LogP contribution in [0.15, 0.2) is 11.1 Å². The number of hydrogen-bond donors (Lipinski definition) is 1. The minimum Gasteiger partial charge on any atom is -0.364 e. The van der Waals surface area contributed by atoms with Crippen molar-refractivity contribution in [1.29, 1.82) is 0 Å². The minimum atomic E-state index is -0.312.